The van der Waals surface area contributed by atoms with E-state index in [1.54, 1.807) is 0 Å². The van der Waals surface area contributed by atoms with E-state index in [0.717, 1.165) is 12.5 Å². The third kappa shape index (κ3) is 4.14. The summed E-state index contributed by atoms with van der Waals surface area (Å²) < 4.78 is 13.4. The van der Waals surface area contributed by atoms with Crippen molar-refractivity contribution in [1.82, 2.24) is 5.32 Å². The van der Waals surface area contributed by atoms with E-state index < -0.39 is 45.6 Å². The SMILES string of the molecule is CCCC[C@H](NC(=O)c1cc(F)cc([N+](=O)[O-])c1N)C(=O)O. The van der Waals surface area contributed by atoms with Crippen molar-refractivity contribution in [2.45, 2.75) is 32.2 Å². The van der Waals surface area contributed by atoms with Gasteiger partial charge in [-0.1, -0.05) is 19.8 Å². The number of carboxylic acid groups (broad SMARTS) is 1. The zero-order valence-electron chi connectivity index (χ0n) is 11.8. The van der Waals surface area contributed by atoms with Gasteiger partial charge in [0.1, 0.15) is 17.5 Å². The minimum absolute atomic E-state index is 0.189. The zero-order valence-corrected chi connectivity index (χ0v) is 11.8. The molecule has 0 aromatic heterocycles. The van der Waals surface area contributed by atoms with Crippen LogP contribution >= 0.6 is 0 Å². The number of nitro benzene ring substituents is 1. The molecule has 1 aromatic rings. The maximum absolute atomic E-state index is 13.4. The van der Waals surface area contributed by atoms with Crippen LogP contribution in [0.2, 0.25) is 0 Å². The van der Waals surface area contributed by atoms with E-state index in [0.29, 0.717) is 12.5 Å². The lowest BCUT2D eigenvalue weighted by molar-refractivity contribution is -0.384. The Bertz CT molecular complexity index is 606. The number of carbonyl (C=O) groups is 2. The summed E-state index contributed by atoms with van der Waals surface area (Å²) in [6.45, 7) is 1.86. The molecule has 22 heavy (non-hydrogen) atoms. The van der Waals surface area contributed by atoms with Gasteiger partial charge in [0, 0.05) is 0 Å². The van der Waals surface area contributed by atoms with Gasteiger partial charge in [0.15, 0.2) is 0 Å². The minimum Gasteiger partial charge on any atom is -0.480 e. The van der Waals surface area contributed by atoms with Crippen LogP contribution in [0.15, 0.2) is 12.1 Å². The van der Waals surface area contributed by atoms with Crippen molar-refractivity contribution < 1.29 is 24.0 Å². The molecule has 0 bridgehead atoms. The van der Waals surface area contributed by atoms with Gasteiger partial charge in [-0.25, -0.2) is 9.18 Å². The van der Waals surface area contributed by atoms with Gasteiger partial charge in [0.2, 0.25) is 0 Å². The fourth-order valence-electron chi connectivity index (χ4n) is 1.84. The number of rotatable bonds is 7. The monoisotopic (exact) mass is 313 g/mol. The molecule has 1 aromatic carbocycles. The second-order valence-corrected chi connectivity index (χ2v) is 4.65. The van der Waals surface area contributed by atoms with Crippen LogP contribution in [-0.4, -0.2) is 27.9 Å². The molecule has 0 aliphatic heterocycles. The number of aliphatic carboxylic acids is 1. The number of hydrogen-bond acceptors (Lipinski definition) is 5. The summed E-state index contributed by atoms with van der Waals surface area (Å²) in [6.07, 6.45) is 1.48. The highest BCUT2D eigenvalue weighted by Gasteiger charge is 2.25. The van der Waals surface area contributed by atoms with Crippen molar-refractivity contribution in [3.05, 3.63) is 33.6 Å². The fraction of sp³-hybridized carbons (Fsp3) is 0.385. The molecule has 0 unspecified atom stereocenters. The quantitative estimate of drug-likeness (QED) is 0.398. The van der Waals surface area contributed by atoms with Crippen molar-refractivity contribution in [2.24, 2.45) is 0 Å². The van der Waals surface area contributed by atoms with Gasteiger partial charge in [0.05, 0.1) is 16.6 Å². The van der Waals surface area contributed by atoms with Crippen LogP contribution in [0.5, 0.6) is 0 Å². The first-order valence-electron chi connectivity index (χ1n) is 6.55. The third-order valence-electron chi connectivity index (χ3n) is 3.01. The summed E-state index contributed by atoms with van der Waals surface area (Å²) in [6, 6.07) is 0.156. The van der Waals surface area contributed by atoms with Gasteiger partial charge in [0.25, 0.3) is 11.6 Å². The first kappa shape index (κ1) is 17.3. The van der Waals surface area contributed by atoms with Gasteiger partial charge in [-0.15, -0.1) is 0 Å². The topological polar surface area (TPSA) is 136 Å². The molecule has 120 valence electrons. The number of benzene rings is 1. The highest BCUT2D eigenvalue weighted by atomic mass is 19.1. The zero-order chi connectivity index (χ0) is 16.9. The Labute approximate surface area is 125 Å². The van der Waals surface area contributed by atoms with E-state index in [4.69, 9.17) is 10.8 Å². The van der Waals surface area contributed by atoms with Crippen LogP contribution in [0.4, 0.5) is 15.8 Å². The number of nitrogens with one attached hydrogen (secondary N) is 1. The first-order chi connectivity index (χ1) is 10.3. The number of halogens is 1. The Morgan fingerprint density at radius 2 is 2.14 bits per heavy atom. The number of anilines is 1. The summed E-state index contributed by atoms with van der Waals surface area (Å²) in [5.41, 5.74) is 3.77. The molecule has 1 amide bonds. The van der Waals surface area contributed by atoms with Crippen LogP contribution < -0.4 is 11.1 Å². The number of unbranched alkanes of at least 4 members (excludes halogenated alkanes) is 1. The maximum Gasteiger partial charge on any atom is 0.326 e. The Hall–Kier alpha value is -2.71. The molecule has 0 aliphatic rings. The van der Waals surface area contributed by atoms with Crippen molar-refractivity contribution >= 4 is 23.3 Å². The molecule has 4 N–H and O–H groups in total. The second-order valence-electron chi connectivity index (χ2n) is 4.65. The van der Waals surface area contributed by atoms with Crippen LogP contribution in [0.1, 0.15) is 36.5 Å². The van der Waals surface area contributed by atoms with Gasteiger partial charge in [-0.2, -0.15) is 0 Å². The molecule has 1 rings (SSSR count). The average molecular weight is 313 g/mol. The molecule has 0 saturated carbocycles. The predicted octanol–water partition coefficient (Wildman–Crippen LogP) is 1.69. The van der Waals surface area contributed by atoms with E-state index >= 15 is 0 Å². The molecule has 0 spiro atoms. The van der Waals surface area contributed by atoms with Gasteiger partial charge in [-0.05, 0) is 12.5 Å². The van der Waals surface area contributed by atoms with Crippen LogP contribution in [0.3, 0.4) is 0 Å². The van der Waals surface area contributed by atoms with E-state index in [2.05, 4.69) is 5.32 Å². The Balaban J connectivity index is 3.07. The standard InChI is InChI=1S/C13H16FN3O5/c1-2-3-4-9(13(19)20)16-12(18)8-5-7(14)6-10(11(8)15)17(21)22/h5-6,9H,2-4,15H2,1H3,(H,16,18)(H,19,20)/t9-/m0/s1. The van der Waals surface area contributed by atoms with Crippen LogP contribution in [-0.2, 0) is 4.79 Å². The maximum atomic E-state index is 13.4. The Morgan fingerprint density at radius 1 is 1.50 bits per heavy atom. The highest BCUT2D eigenvalue weighted by molar-refractivity contribution is 6.02. The van der Waals surface area contributed by atoms with Gasteiger partial charge < -0.3 is 16.2 Å². The lowest BCUT2D eigenvalue weighted by Gasteiger charge is -2.15. The smallest absolute Gasteiger partial charge is 0.326 e. The van der Waals surface area contributed by atoms with E-state index in [9.17, 15) is 24.1 Å². The summed E-state index contributed by atoms with van der Waals surface area (Å²) in [5, 5.41) is 22.0. The molecule has 0 aliphatic carbocycles. The van der Waals surface area contributed by atoms with Gasteiger partial charge >= 0.3 is 5.97 Å². The Kier molecular flexibility index (Phi) is 5.79. The number of nitrogens with zero attached hydrogens (tertiary/aromatic N) is 1. The van der Waals surface area contributed by atoms with E-state index in [1.807, 2.05) is 6.92 Å². The fourth-order valence-corrected chi connectivity index (χ4v) is 1.84. The normalized spacial score (nSPS) is 11.7. The van der Waals surface area contributed by atoms with Crippen molar-refractivity contribution in [3.63, 3.8) is 0 Å². The molecular formula is C13H16FN3O5. The molecule has 9 heteroatoms. The number of nitrogens with two attached hydrogens (primary N) is 1. The molecule has 0 heterocycles. The Morgan fingerprint density at radius 3 is 2.64 bits per heavy atom. The summed E-state index contributed by atoms with van der Waals surface area (Å²) in [4.78, 5) is 32.9. The molecule has 0 radical (unpaired) electrons. The highest BCUT2D eigenvalue weighted by Crippen LogP contribution is 2.26. The first-order valence-corrected chi connectivity index (χ1v) is 6.55. The van der Waals surface area contributed by atoms with Crippen molar-refractivity contribution in [2.75, 3.05) is 5.73 Å². The van der Waals surface area contributed by atoms with Gasteiger partial charge in [-0.3, -0.25) is 14.9 Å². The molecule has 1 atom stereocenters. The summed E-state index contributed by atoms with van der Waals surface area (Å²) >= 11 is 0. The number of amides is 1. The molecule has 0 saturated heterocycles. The number of carboxylic acids is 1. The lowest BCUT2D eigenvalue weighted by Crippen LogP contribution is -2.41. The number of hydrogen-bond donors (Lipinski definition) is 3. The van der Waals surface area contributed by atoms with Crippen molar-refractivity contribution in [3.8, 4) is 0 Å². The summed E-state index contributed by atoms with van der Waals surface area (Å²) in [5.74, 6) is -3.22. The second kappa shape index (κ2) is 7.34. The number of nitro groups is 1. The van der Waals surface area contributed by atoms with E-state index in [1.165, 1.54) is 0 Å². The summed E-state index contributed by atoms with van der Waals surface area (Å²) in [7, 11) is 0. The number of nitrogen functional groups attached to an aromatic ring is 1. The average Bonchev–Trinajstić information content (AvgIpc) is 2.44. The predicted molar refractivity (Wildman–Crippen MR) is 75.9 cm³/mol. The number of carbonyl (C=O) groups excluding carboxylic acids is 1. The largest absolute Gasteiger partial charge is 0.480 e. The van der Waals surface area contributed by atoms with Crippen LogP contribution in [0, 0.1) is 15.9 Å². The molecule has 0 fully saturated rings. The molecular weight excluding hydrogens is 297 g/mol. The van der Waals surface area contributed by atoms with E-state index in [-0.39, 0.29) is 6.42 Å². The minimum atomic E-state index is -1.24. The lowest BCUT2D eigenvalue weighted by atomic mass is 10.1. The molecule has 8 nitrogen and oxygen atoms in total. The van der Waals surface area contributed by atoms with Crippen LogP contribution in [0.25, 0.3) is 0 Å². The van der Waals surface area contributed by atoms with Crippen molar-refractivity contribution in [1.29, 1.82) is 0 Å². The third-order valence-corrected chi connectivity index (χ3v) is 3.01.